The Hall–Kier alpha value is -2.42. The van der Waals surface area contributed by atoms with Crippen LogP contribution < -0.4 is 0 Å². The number of hydrogen-bond donors (Lipinski definition) is 0. The van der Waals surface area contributed by atoms with E-state index in [1.54, 1.807) is 23.1 Å². The molecule has 4 aromatic rings. The van der Waals surface area contributed by atoms with Crippen molar-refractivity contribution in [3.05, 3.63) is 77.2 Å². The maximum Gasteiger partial charge on any atom is 0.223 e. The van der Waals surface area contributed by atoms with E-state index in [-0.39, 0.29) is 35.4 Å². The Bertz CT molecular complexity index is 1450. The smallest absolute Gasteiger partial charge is 0.223 e. The molecule has 34 heavy (non-hydrogen) atoms. The number of likely N-dealkylation sites (tertiary alicyclic amines) is 1. The molecule has 178 valence electrons. The number of amides is 1. The number of rotatable bonds is 5. The molecule has 1 aliphatic heterocycles. The summed E-state index contributed by atoms with van der Waals surface area (Å²) < 4.78 is 28.8. The molecular weight excluding hydrogens is 538 g/mol. The number of imidazole rings is 1. The molecule has 0 unspecified atom stereocenters. The quantitative estimate of drug-likeness (QED) is 0.333. The van der Waals surface area contributed by atoms with Crippen LogP contribution in [0.15, 0.2) is 76.4 Å². The molecule has 0 atom stereocenters. The second-order valence-corrected chi connectivity index (χ2v) is 11.5. The molecule has 5 rings (SSSR count). The van der Waals surface area contributed by atoms with E-state index < -0.39 is 9.84 Å². The lowest BCUT2D eigenvalue weighted by atomic mass is 9.93. The highest BCUT2D eigenvalue weighted by Gasteiger charge is 2.27. The number of hydrogen-bond acceptors (Lipinski definition) is 4. The van der Waals surface area contributed by atoms with E-state index in [1.165, 1.54) is 5.69 Å². The van der Waals surface area contributed by atoms with Gasteiger partial charge in [0, 0.05) is 48.0 Å². The van der Waals surface area contributed by atoms with Crippen LogP contribution >= 0.6 is 28.3 Å². The first-order chi connectivity index (χ1) is 15.9. The van der Waals surface area contributed by atoms with Gasteiger partial charge >= 0.3 is 0 Å². The molecule has 0 spiro atoms. The van der Waals surface area contributed by atoms with Crippen LogP contribution in [0.4, 0.5) is 0 Å². The normalized spacial score (nSPS) is 14.9. The summed E-state index contributed by atoms with van der Waals surface area (Å²) >= 11 is 3.43. The van der Waals surface area contributed by atoms with E-state index in [1.807, 2.05) is 48.8 Å². The van der Waals surface area contributed by atoms with Crippen LogP contribution in [0, 0.1) is 0 Å². The minimum absolute atomic E-state index is 0. The fraction of sp³-hybridized carbons (Fsp3) is 0.280. The number of fused-ring (bicyclic) bond motifs is 2. The summed E-state index contributed by atoms with van der Waals surface area (Å²) in [6, 6.07) is 16.8. The van der Waals surface area contributed by atoms with Crippen molar-refractivity contribution in [3.63, 3.8) is 0 Å². The molecule has 0 bridgehead atoms. The molecule has 2 aromatic carbocycles. The first kappa shape index (κ1) is 24.7. The lowest BCUT2D eigenvalue weighted by molar-refractivity contribution is -0.131. The third-order valence-corrected chi connectivity index (χ3v) is 8.64. The summed E-state index contributed by atoms with van der Waals surface area (Å²) in [6.45, 7) is 1.27. The summed E-state index contributed by atoms with van der Waals surface area (Å²) in [7, 11) is -3.54. The minimum atomic E-state index is -3.54. The van der Waals surface area contributed by atoms with Crippen molar-refractivity contribution in [3.8, 4) is 0 Å². The van der Waals surface area contributed by atoms with Crippen LogP contribution in [0.5, 0.6) is 0 Å². The van der Waals surface area contributed by atoms with Gasteiger partial charge in [0.05, 0.1) is 10.6 Å². The largest absolute Gasteiger partial charge is 0.343 e. The molecule has 1 aliphatic rings. The molecule has 0 N–H and O–H groups in total. The van der Waals surface area contributed by atoms with Gasteiger partial charge in [-0.25, -0.2) is 13.4 Å². The second kappa shape index (κ2) is 10.1. The highest BCUT2D eigenvalue weighted by molar-refractivity contribution is 9.10. The van der Waals surface area contributed by atoms with Gasteiger partial charge in [0.25, 0.3) is 0 Å². The topological polar surface area (TPSA) is 71.8 Å². The van der Waals surface area contributed by atoms with E-state index in [0.717, 1.165) is 33.7 Å². The maximum atomic E-state index is 12.9. The monoisotopic (exact) mass is 561 g/mol. The molecule has 9 heteroatoms. The molecule has 1 saturated heterocycles. The van der Waals surface area contributed by atoms with Gasteiger partial charge in [-0.05, 0) is 60.0 Å². The van der Waals surface area contributed by atoms with Crippen molar-refractivity contribution < 1.29 is 13.2 Å². The first-order valence-electron chi connectivity index (χ1n) is 11.0. The molecular formula is C25H25BrClN3O3S. The Labute approximate surface area is 213 Å². The van der Waals surface area contributed by atoms with Crippen LogP contribution in [0.1, 0.15) is 30.9 Å². The highest BCUT2D eigenvalue weighted by atomic mass is 79.9. The zero-order valence-electron chi connectivity index (χ0n) is 18.4. The van der Waals surface area contributed by atoms with Gasteiger partial charge < -0.3 is 9.30 Å². The van der Waals surface area contributed by atoms with Crippen molar-refractivity contribution >= 4 is 60.5 Å². The number of halogens is 2. The maximum absolute atomic E-state index is 12.9. The number of pyridine rings is 1. The standard InChI is InChI=1S/C25H24BrN3O3S.ClH/c26-21-6-4-20-16-22(7-5-19(20)15-21)33(31,32)14-10-25(30)28-12-8-18(9-13-28)23-17-27-24-3-1-2-11-29(23)24;/h1-7,11,15-18H,8-10,12-14H2;1H. The number of carbonyl (C=O) groups excluding carboxylic acids is 1. The zero-order chi connectivity index (χ0) is 23.0. The summed E-state index contributed by atoms with van der Waals surface area (Å²) in [5.74, 6) is 0.0637. The highest BCUT2D eigenvalue weighted by Crippen LogP contribution is 2.29. The summed E-state index contributed by atoms with van der Waals surface area (Å²) in [5, 5.41) is 1.83. The summed E-state index contributed by atoms with van der Waals surface area (Å²) in [6.07, 6.45) is 5.64. The second-order valence-electron chi connectivity index (χ2n) is 8.49. The SMILES string of the molecule is Cl.O=C(CCS(=O)(=O)c1ccc2cc(Br)ccc2c1)N1CCC(c2cnc3ccccn23)CC1. The molecule has 2 aromatic heterocycles. The van der Waals surface area contributed by atoms with E-state index in [2.05, 4.69) is 25.3 Å². The van der Waals surface area contributed by atoms with Gasteiger partial charge in [-0.2, -0.15) is 0 Å². The van der Waals surface area contributed by atoms with Gasteiger partial charge in [-0.1, -0.05) is 34.1 Å². The van der Waals surface area contributed by atoms with Crippen LogP contribution in [0.3, 0.4) is 0 Å². The molecule has 0 aliphatic carbocycles. The first-order valence-corrected chi connectivity index (χ1v) is 13.5. The van der Waals surface area contributed by atoms with Crippen LogP contribution in [0.25, 0.3) is 16.4 Å². The van der Waals surface area contributed by atoms with Crippen LogP contribution in [-0.2, 0) is 14.6 Å². The van der Waals surface area contributed by atoms with Gasteiger partial charge in [0.1, 0.15) is 5.65 Å². The zero-order valence-corrected chi connectivity index (χ0v) is 21.7. The summed E-state index contributed by atoms with van der Waals surface area (Å²) in [5.41, 5.74) is 2.10. The minimum Gasteiger partial charge on any atom is -0.343 e. The lowest BCUT2D eigenvalue weighted by Crippen LogP contribution is -2.38. The van der Waals surface area contributed by atoms with Crippen molar-refractivity contribution in [2.45, 2.75) is 30.1 Å². The molecule has 3 heterocycles. The molecule has 0 saturated carbocycles. The van der Waals surface area contributed by atoms with Crippen molar-refractivity contribution in [2.24, 2.45) is 0 Å². The molecule has 1 amide bonds. The Morgan fingerprint density at radius 3 is 2.56 bits per heavy atom. The van der Waals surface area contributed by atoms with Crippen LogP contribution in [0.2, 0.25) is 0 Å². The third kappa shape index (κ3) is 4.99. The van der Waals surface area contributed by atoms with Crippen molar-refractivity contribution in [2.75, 3.05) is 18.8 Å². The van der Waals surface area contributed by atoms with E-state index in [9.17, 15) is 13.2 Å². The predicted octanol–water partition coefficient (Wildman–Crippen LogP) is 5.24. The number of sulfone groups is 1. The van der Waals surface area contributed by atoms with Crippen LogP contribution in [-0.4, -0.2) is 47.5 Å². The van der Waals surface area contributed by atoms with Gasteiger partial charge in [0.2, 0.25) is 5.91 Å². The number of carbonyl (C=O) groups is 1. The number of piperidine rings is 1. The predicted molar refractivity (Wildman–Crippen MR) is 139 cm³/mol. The van der Waals surface area contributed by atoms with Crippen molar-refractivity contribution in [1.29, 1.82) is 0 Å². The number of aromatic nitrogens is 2. The van der Waals surface area contributed by atoms with E-state index in [0.29, 0.717) is 19.0 Å². The molecule has 1 fully saturated rings. The van der Waals surface area contributed by atoms with E-state index in [4.69, 9.17) is 0 Å². The van der Waals surface area contributed by atoms with Gasteiger partial charge in [0.15, 0.2) is 9.84 Å². The van der Waals surface area contributed by atoms with Gasteiger partial charge in [-0.15, -0.1) is 12.4 Å². The van der Waals surface area contributed by atoms with E-state index >= 15 is 0 Å². The Kier molecular flexibility index (Phi) is 7.31. The molecule has 0 radical (unpaired) electrons. The summed E-state index contributed by atoms with van der Waals surface area (Å²) in [4.78, 5) is 19.3. The number of benzene rings is 2. The number of nitrogens with zero attached hydrogens (tertiary/aromatic N) is 3. The fourth-order valence-corrected chi connectivity index (χ4v) is 6.20. The average molecular weight is 563 g/mol. The van der Waals surface area contributed by atoms with Gasteiger partial charge in [-0.3, -0.25) is 4.79 Å². The van der Waals surface area contributed by atoms with Crippen molar-refractivity contribution in [1.82, 2.24) is 14.3 Å². The third-order valence-electron chi connectivity index (χ3n) is 6.43. The lowest BCUT2D eigenvalue weighted by Gasteiger charge is -2.32. The Balaban J connectivity index is 0.00000274. The fourth-order valence-electron chi connectivity index (χ4n) is 4.56. The Morgan fingerprint density at radius 2 is 1.76 bits per heavy atom. The average Bonchev–Trinajstić information content (AvgIpc) is 3.26. The molecule has 6 nitrogen and oxygen atoms in total. The Morgan fingerprint density at radius 1 is 1.03 bits per heavy atom.